The molecule has 1 saturated heterocycles. The minimum Gasteiger partial charge on any atom is -0.369 e. The minimum absolute atomic E-state index is 0.147. The first-order valence-corrected chi connectivity index (χ1v) is 8.74. The molecule has 2 atom stereocenters. The summed E-state index contributed by atoms with van der Waals surface area (Å²) in [7, 11) is 2.09. The minimum atomic E-state index is -0.147. The van der Waals surface area contributed by atoms with E-state index >= 15 is 0 Å². The molecule has 3 aromatic rings. The number of nitrogens with zero attached hydrogens (tertiary/aromatic N) is 4. The molecular formula is C18H22N6O2. The number of pyridine rings is 1. The normalized spacial score (nSPS) is 20.3. The van der Waals surface area contributed by atoms with Crippen LogP contribution in [-0.2, 0) is 0 Å². The second-order valence-corrected chi connectivity index (χ2v) is 6.78. The van der Waals surface area contributed by atoms with Crippen molar-refractivity contribution in [3.05, 3.63) is 36.9 Å². The highest BCUT2D eigenvalue weighted by atomic mass is 16.5. The van der Waals surface area contributed by atoms with Gasteiger partial charge in [-0.2, -0.15) is 0 Å². The van der Waals surface area contributed by atoms with Gasteiger partial charge in [-0.25, -0.2) is 9.78 Å². The number of likely N-dealkylation sites (N-methyl/N-ethyl adjacent to an activating group) is 1. The summed E-state index contributed by atoms with van der Waals surface area (Å²) < 4.78 is 4.77. The van der Waals surface area contributed by atoms with Crippen molar-refractivity contribution in [2.75, 3.05) is 30.4 Å². The third-order valence-electron chi connectivity index (χ3n) is 5.19. The van der Waals surface area contributed by atoms with Crippen molar-refractivity contribution >= 4 is 28.6 Å². The number of hydrogen-bond donors (Lipinski definition) is 2. The van der Waals surface area contributed by atoms with Gasteiger partial charge in [0.05, 0.1) is 0 Å². The Morgan fingerprint density at radius 3 is 3.12 bits per heavy atom. The summed E-state index contributed by atoms with van der Waals surface area (Å²) in [5.74, 6) is 0.903. The maximum Gasteiger partial charge on any atom is 0.323 e. The van der Waals surface area contributed by atoms with E-state index in [0.717, 1.165) is 29.7 Å². The van der Waals surface area contributed by atoms with Crippen LogP contribution in [0.1, 0.15) is 13.3 Å². The molecule has 0 radical (unpaired) electrons. The average Bonchev–Trinajstić information content (AvgIpc) is 3.32. The van der Waals surface area contributed by atoms with Crippen molar-refractivity contribution in [1.82, 2.24) is 20.0 Å². The summed E-state index contributed by atoms with van der Waals surface area (Å²) in [6.45, 7) is 3.62. The summed E-state index contributed by atoms with van der Waals surface area (Å²) in [4.78, 5) is 24.2. The number of nitrogens with one attached hydrogen (secondary N) is 2. The van der Waals surface area contributed by atoms with Gasteiger partial charge in [0, 0.05) is 55.7 Å². The topological polar surface area (TPSA) is 90.3 Å². The van der Waals surface area contributed by atoms with Crippen LogP contribution < -0.4 is 10.2 Å². The lowest BCUT2D eigenvalue weighted by molar-refractivity contribution is 0.172. The van der Waals surface area contributed by atoms with E-state index in [9.17, 15) is 4.79 Å². The summed E-state index contributed by atoms with van der Waals surface area (Å²) >= 11 is 0. The largest absolute Gasteiger partial charge is 0.369 e. The molecule has 1 aliphatic heterocycles. The fourth-order valence-electron chi connectivity index (χ4n) is 3.64. The van der Waals surface area contributed by atoms with E-state index in [4.69, 9.17) is 4.52 Å². The predicted octanol–water partition coefficient (Wildman–Crippen LogP) is 2.93. The highest BCUT2D eigenvalue weighted by Gasteiger charge is 2.32. The average molecular weight is 354 g/mol. The Balaban J connectivity index is 1.53. The quantitative estimate of drug-likeness (QED) is 0.755. The number of H-pyrrole nitrogens is 1. The van der Waals surface area contributed by atoms with Crippen LogP contribution in [0.5, 0.6) is 0 Å². The van der Waals surface area contributed by atoms with Crippen LogP contribution in [0.3, 0.4) is 0 Å². The van der Waals surface area contributed by atoms with Gasteiger partial charge in [0.25, 0.3) is 0 Å². The van der Waals surface area contributed by atoms with Gasteiger partial charge in [0.2, 0.25) is 0 Å². The number of urea groups is 1. The lowest BCUT2D eigenvalue weighted by atomic mass is 9.92. The van der Waals surface area contributed by atoms with E-state index in [1.54, 1.807) is 6.07 Å². The van der Waals surface area contributed by atoms with E-state index in [0.29, 0.717) is 18.3 Å². The molecule has 8 heteroatoms. The van der Waals surface area contributed by atoms with Crippen molar-refractivity contribution in [2.24, 2.45) is 5.92 Å². The molecule has 0 spiro atoms. The fraction of sp³-hybridized carbons (Fsp3) is 0.389. The number of fused-ring (bicyclic) bond motifs is 1. The molecular weight excluding hydrogens is 332 g/mol. The zero-order valence-corrected chi connectivity index (χ0v) is 14.8. The lowest BCUT2D eigenvalue weighted by Crippen LogP contribution is -2.53. The van der Waals surface area contributed by atoms with Gasteiger partial charge in [0.1, 0.15) is 11.9 Å². The van der Waals surface area contributed by atoms with Crippen molar-refractivity contribution in [1.29, 1.82) is 0 Å². The van der Waals surface area contributed by atoms with Crippen molar-refractivity contribution < 1.29 is 9.32 Å². The summed E-state index contributed by atoms with van der Waals surface area (Å²) in [5, 5.41) is 7.61. The van der Waals surface area contributed by atoms with Gasteiger partial charge < -0.3 is 19.3 Å². The molecule has 1 fully saturated rings. The number of carbonyl (C=O) groups excluding carboxylic acids is 1. The number of aromatic amines is 1. The molecule has 136 valence electrons. The third-order valence-corrected chi connectivity index (χ3v) is 5.19. The maximum absolute atomic E-state index is 12.5. The predicted molar refractivity (Wildman–Crippen MR) is 99.2 cm³/mol. The first kappa shape index (κ1) is 16.4. The summed E-state index contributed by atoms with van der Waals surface area (Å²) in [5.41, 5.74) is 1.99. The van der Waals surface area contributed by atoms with E-state index < -0.39 is 0 Å². The molecule has 0 aromatic carbocycles. The van der Waals surface area contributed by atoms with Crippen LogP contribution in [0.15, 0.2) is 41.4 Å². The third kappa shape index (κ3) is 2.98. The van der Waals surface area contributed by atoms with Crippen LogP contribution in [0.2, 0.25) is 0 Å². The molecule has 2 N–H and O–H groups in total. The molecule has 26 heavy (non-hydrogen) atoms. The molecule has 2 amide bonds. The van der Waals surface area contributed by atoms with E-state index in [-0.39, 0.29) is 12.1 Å². The van der Waals surface area contributed by atoms with Gasteiger partial charge in [-0.05, 0) is 24.5 Å². The Morgan fingerprint density at radius 1 is 1.42 bits per heavy atom. The van der Waals surface area contributed by atoms with Gasteiger partial charge in [0.15, 0.2) is 5.82 Å². The number of likely N-dealkylation sites (tertiary alicyclic amines) is 1. The Morgan fingerprint density at radius 2 is 2.31 bits per heavy atom. The Labute approximate surface area is 151 Å². The van der Waals surface area contributed by atoms with Gasteiger partial charge >= 0.3 is 6.03 Å². The number of rotatable bonds is 3. The molecule has 4 rings (SSSR count). The molecule has 4 heterocycles. The number of piperidine rings is 1. The van der Waals surface area contributed by atoms with Crippen LogP contribution in [0.25, 0.3) is 11.0 Å². The van der Waals surface area contributed by atoms with Crippen LogP contribution >= 0.6 is 0 Å². The monoisotopic (exact) mass is 354 g/mol. The van der Waals surface area contributed by atoms with E-state index in [2.05, 4.69) is 39.3 Å². The first-order valence-electron chi connectivity index (χ1n) is 8.74. The maximum atomic E-state index is 12.5. The standard InChI is InChI=1S/C18H22N6O2/c1-12-5-9-24(18(25)21-16-6-10-26-22-16)11-15(12)23(2)14-4-8-20-17-13(14)3-7-19-17/h3-4,6-8,10,12,15H,5,9,11H2,1-2H3,(H,19,20)(H,21,22,25)/t12-,15+/m1/s1. The van der Waals surface area contributed by atoms with Gasteiger partial charge in [-0.1, -0.05) is 12.1 Å². The number of amides is 2. The molecule has 0 aliphatic carbocycles. The van der Waals surface area contributed by atoms with Crippen molar-refractivity contribution in [2.45, 2.75) is 19.4 Å². The Bertz CT molecular complexity index is 890. The second kappa shape index (κ2) is 6.70. The first-order chi connectivity index (χ1) is 12.6. The zero-order chi connectivity index (χ0) is 18.1. The smallest absolute Gasteiger partial charge is 0.323 e. The second-order valence-electron chi connectivity index (χ2n) is 6.78. The highest BCUT2D eigenvalue weighted by molar-refractivity contribution is 5.90. The molecule has 0 bridgehead atoms. The fourth-order valence-corrected chi connectivity index (χ4v) is 3.64. The SMILES string of the molecule is C[C@@H]1CCN(C(=O)Nc2ccon2)C[C@@H]1N(C)c1ccnc2[nH]ccc12. The lowest BCUT2D eigenvalue weighted by Gasteiger charge is -2.42. The van der Waals surface area contributed by atoms with Crippen molar-refractivity contribution in [3.8, 4) is 0 Å². The zero-order valence-electron chi connectivity index (χ0n) is 14.8. The van der Waals surface area contributed by atoms with Crippen molar-refractivity contribution in [3.63, 3.8) is 0 Å². The number of hydrogen-bond acceptors (Lipinski definition) is 5. The van der Waals surface area contributed by atoms with E-state index in [1.807, 2.05) is 29.4 Å². The summed E-state index contributed by atoms with van der Waals surface area (Å²) in [6, 6.07) is 5.76. The molecule has 8 nitrogen and oxygen atoms in total. The van der Waals surface area contributed by atoms with Crippen LogP contribution in [0.4, 0.5) is 16.3 Å². The van der Waals surface area contributed by atoms with Gasteiger partial charge in [-0.3, -0.25) is 5.32 Å². The summed E-state index contributed by atoms with van der Waals surface area (Å²) in [6.07, 6.45) is 6.10. The molecule has 1 aliphatic rings. The van der Waals surface area contributed by atoms with Gasteiger partial charge in [-0.15, -0.1) is 0 Å². The number of anilines is 2. The van der Waals surface area contributed by atoms with Crippen LogP contribution in [-0.4, -0.2) is 52.2 Å². The number of carbonyl (C=O) groups is 1. The Hall–Kier alpha value is -3.03. The molecule has 0 unspecified atom stereocenters. The highest BCUT2D eigenvalue weighted by Crippen LogP contribution is 2.30. The van der Waals surface area contributed by atoms with E-state index in [1.165, 1.54) is 6.26 Å². The molecule has 0 saturated carbocycles. The molecule has 3 aromatic heterocycles. The Kier molecular flexibility index (Phi) is 4.24. The number of aromatic nitrogens is 3. The van der Waals surface area contributed by atoms with Crippen LogP contribution in [0, 0.1) is 5.92 Å².